The van der Waals surface area contributed by atoms with Crippen molar-refractivity contribution in [2.24, 2.45) is 0 Å². The van der Waals surface area contributed by atoms with Crippen LogP contribution in [0.25, 0.3) is 0 Å². The Morgan fingerprint density at radius 3 is 2.80 bits per heavy atom. The molecule has 3 N–H and O–H groups in total. The van der Waals surface area contributed by atoms with E-state index in [0.717, 1.165) is 0 Å². The second-order valence-electron chi connectivity index (χ2n) is 4.97. The van der Waals surface area contributed by atoms with Crippen molar-refractivity contribution < 1.29 is 14.3 Å². The van der Waals surface area contributed by atoms with Crippen LogP contribution in [-0.4, -0.2) is 30.3 Å². The van der Waals surface area contributed by atoms with Crippen LogP contribution in [0, 0.1) is 11.8 Å². The number of rotatable bonds is 2. The number of pyridine rings is 1. The quantitative estimate of drug-likeness (QED) is 0.801. The topological polar surface area (TPSA) is 86.5 Å². The van der Waals surface area contributed by atoms with Gasteiger partial charge in [0.1, 0.15) is 5.60 Å². The van der Waals surface area contributed by atoms with Crippen molar-refractivity contribution in [3.63, 3.8) is 0 Å². The molecular formula is C14H19N3O3. The second-order valence-corrected chi connectivity index (χ2v) is 4.97. The molecule has 0 saturated carbocycles. The average Bonchev–Trinajstić information content (AvgIpc) is 2.34. The van der Waals surface area contributed by atoms with E-state index in [1.165, 1.54) is 7.11 Å². The van der Waals surface area contributed by atoms with Gasteiger partial charge in [-0.2, -0.15) is 0 Å². The van der Waals surface area contributed by atoms with E-state index >= 15 is 0 Å². The van der Waals surface area contributed by atoms with Crippen molar-refractivity contribution in [2.75, 3.05) is 19.4 Å². The number of nitrogens with one attached hydrogen (secondary N) is 1. The van der Waals surface area contributed by atoms with Crippen LogP contribution in [0.1, 0.15) is 26.3 Å². The molecule has 1 aromatic rings. The number of anilines is 1. The average molecular weight is 277 g/mol. The molecule has 0 atom stereocenters. The van der Waals surface area contributed by atoms with E-state index in [-0.39, 0.29) is 6.54 Å². The minimum Gasteiger partial charge on any atom is -0.493 e. The maximum absolute atomic E-state index is 11.4. The van der Waals surface area contributed by atoms with Crippen molar-refractivity contribution in [2.45, 2.75) is 26.4 Å². The maximum atomic E-state index is 11.4. The van der Waals surface area contributed by atoms with Crippen LogP contribution in [0.15, 0.2) is 12.3 Å². The lowest BCUT2D eigenvalue weighted by Crippen LogP contribution is -2.32. The summed E-state index contributed by atoms with van der Waals surface area (Å²) in [6.07, 6.45) is 1.04. The fourth-order valence-corrected chi connectivity index (χ4v) is 1.26. The van der Waals surface area contributed by atoms with E-state index in [4.69, 9.17) is 15.2 Å². The lowest BCUT2D eigenvalue weighted by molar-refractivity contribution is 0.0535. The fourth-order valence-electron chi connectivity index (χ4n) is 1.26. The van der Waals surface area contributed by atoms with Gasteiger partial charge in [-0.25, -0.2) is 9.78 Å². The summed E-state index contributed by atoms with van der Waals surface area (Å²) in [6.45, 7) is 5.57. The predicted octanol–water partition coefficient (Wildman–Crippen LogP) is 1.55. The molecule has 0 aliphatic rings. The molecular weight excluding hydrogens is 258 g/mol. The van der Waals surface area contributed by atoms with Gasteiger partial charge in [0.25, 0.3) is 0 Å². The number of nitrogens with zero attached hydrogens (tertiary/aromatic N) is 1. The molecule has 1 heterocycles. The number of carbonyl (C=O) groups is 1. The van der Waals surface area contributed by atoms with Crippen molar-refractivity contribution in [1.82, 2.24) is 10.3 Å². The molecule has 0 fully saturated rings. The Balaban J connectivity index is 2.53. The Morgan fingerprint density at radius 2 is 2.20 bits per heavy atom. The number of ether oxygens (including phenoxy) is 2. The van der Waals surface area contributed by atoms with Gasteiger partial charge in [-0.15, -0.1) is 0 Å². The first-order valence-electron chi connectivity index (χ1n) is 6.07. The van der Waals surface area contributed by atoms with E-state index < -0.39 is 11.7 Å². The second kappa shape index (κ2) is 6.66. The van der Waals surface area contributed by atoms with Crippen LogP contribution in [0.4, 0.5) is 10.6 Å². The maximum Gasteiger partial charge on any atom is 0.408 e. The number of nitrogen functional groups attached to an aromatic ring is 1. The van der Waals surface area contributed by atoms with Crippen LogP contribution in [0.2, 0.25) is 0 Å². The monoisotopic (exact) mass is 277 g/mol. The first kappa shape index (κ1) is 15.6. The smallest absolute Gasteiger partial charge is 0.408 e. The van der Waals surface area contributed by atoms with Gasteiger partial charge in [0.2, 0.25) is 0 Å². The third kappa shape index (κ3) is 5.48. The number of amides is 1. The summed E-state index contributed by atoms with van der Waals surface area (Å²) in [6, 6.07) is 1.68. The highest BCUT2D eigenvalue weighted by atomic mass is 16.6. The van der Waals surface area contributed by atoms with Gasteiger partial charge in [0.05, 0.1) is 13.7 Å². The highest BCUT2D eigenvalue weighted by molar-refractivity contribution is 5.68. The van der Waals surface area contributed by atoms with E-state index in [1.54, 1.807) is 33.0 Å². The van der Waals surface area contributed by atoms with Crippen LogP contribution in [0.5, 0.6) is 5.75 Å². The van der Waals surface area contributed by atoms with Gasteiger partial charge in [-0.05, 0) is 20.8 Å². The zero-order chi connectivity index (χ0) is 15.2. The third-order valence-electron chi connectivity index (χ3n) is 2.05. The van der Waals surface area contributed by atoms with Crippen LogP contribution >= 0.6 is 0 Å². The Hall–Kier alpha value is -2.42. The normalized spacial score (nSPS) is 10.2. The summed E-state index contributed by atoms with van der Waals surface area (Å²) >= 11 is 0. The van der Waals surface area contributed by atoms with E-state index in [1.807, 2.05) is 0 Å². The molecule has 0 unspecified atom stereocenters. The van der Waals surface area contributed by atoms with E-state index in [2.05, 4.69) is 22.1 Å². The molecule has 0 aliphatic heterocycles. The number of carbonyl (C=O) groups excluding carboxylic acids is 1. The molecule has 6 nitrogen and oxygen atoms in total. The molecule has 0 aromatic carbocycles. The summed E-state index contributed by atoms with van der Waals surface area (Å²) in [4.78, 5) is 15.3. The highest BCUT2D eigenvalue weighted by Crippen LogP contribution is 2.18. The van der Waals surface area contributed by atoms with Crippen molar-refractivity contribution in [1.29, 1.82) is 0 Å². The van der Waals surface area contributed by atoms with Crippen LogP contribution in [-0.2, 0) is 4.74 Å². The number of alkyl carbamates (subject to hydrolysis) is 1. The Bertz CT molecular complexity index is 539. The van der Waals surface area contributed by atoms with Gasteiger partial charge in [-0.3, -0.25) is 0 Å². The molecule has 20 heavy (non-hydrogen) atoms. The van der Waals surface area contributed by atoms with Gasteiger partial charge < -0.3 is 20.5 Å². The Labute approximate surface area is 118 Å². The minimum absolute atomic E-state index is 0.182. The van der Waals surface area contributed by atoms with Crippen molar-refractivity contribution in [3.8, 4) is 17.6 Å². The molecule has 1 amide bonds. The zero-order valence-electron chi connectivity index (χ0n) is 12.1. The first-order chi connectivity index (χ1) is 9.31. The number of aromatic nitrogens is 1. The number of hydrogen-bond donors (Lipinski definition) is 2. The minimum atomic E-state index is -0.522. The highest BCUT2D eigenvalue weighted by Gasteiger charge is 2.14. The van der Waals surface area contributed by atoms with Gasteiger partial charge >= 0.3 is 6.09 Å². The summed E-state index contributed by atoms with van der Waals surface area (Å²) in [5, 5.41) is 2.54. The van der Waals surface area contributed by atoms with Gasteiger partial charge in [0.15, 0.2) is 11.6 Å². The zero-order valence-corrected chi connectivity index (χ0v) is 12.1. The van der Waals surface area contributed by atoms with E-state index in [0.29, 0.717) is 17.1 Å². The molecule has 0 bridgehead atoms. The van der Waals surface area contributed by atoms with Gasteiger partial charge in [-0.1, -0.05) is 11.8 Å². The molecule has 0 spiro atoms. The lowest BCUT2D eigenvalue weighted by Gasteiger charge is -2.18. The number of hydrogen-bond acceptors (Lipinski definition) is 5. The molecule has 108 valence electrons. The molecule has 0 radical (unpaired) electrons. The summed E-state index contributed by atoms with van der Waals surface area (Å²) in [7, 11) is 1.51. The Morgan fingerprint density at radius 1 is 1.50 bits per heavy atom. The predicted molar refractivity (Wildman–Crippen MR) is 76.3 cm³/mol. The van der Waals surface area contributed by atoms with Crippen LogP contribution < -0.4 is 15.8 Å². The fraction of sp³-hybridized carbons (Fsp3) is 0.429. The standard InChI is InChI=1S/C14H19N3O3/c1-14(2,3)20-13(18)16-7-5-6-10-8-11(19-4)12(15)17-9-10/h8-9H,7H2,1-4H3,(H2,15,17)(H,16,18). The molecule has 6 heteroatoms. The van der Waals surface area contributed by atoms with Crippen molar-refractivity contribution in [3.05, 3.63) is 17.8 Å². The first-order valence-corrected chi connectivity index (χ1v) is 6.07. The Kier molecular flexibility index (Phi) is 5.21. The summed E-state index contributed by atoms with van der Waals surface area (Å²) in [5.74, 6) is 6.42. The lowest BCUT2D eigenvalue weighted by atomic mass is 10.2. The SMILES string of the molecule is COc1cc(C#CCNC(=O)OC(C)(C)C)cnc1N. The van der Waals surface area contributed by atoms with Crippen LogP contribution in [0.3, 0.4) is 0 Å². The molecule has 0 aliphatic carbocycles. The summed E-state index contributed by atoms with van der Waals surface area (Å²) in [5.41, 5.74) is 5.73. The van der Waals surface area contributed by atoms with Crippen molar-refractivity contribution >= 4 is 11.9 Å². The molecule has 0 saturated heterocycles. The summed E-state index contributed by atoms with van der Waals surface area (Å²) < 4.78 is 10.1. The van der Waals surface area contributed by atoms with E-state index in [9.17, 15) is 4.79 Å². The largest absolute Gasteiger partial charge is 0.493 e. The van der Waals surface area contributed by atoms with Gasteiger partial charge in [0, 0.05) is 17.8 Å². The number of nitrogens with two attached hydrogens (primary N) is 1. The third-order valence-corrected chi connectivity index (χ3v) is 2.05. The molecule has 1 aromatic heterocycles. The molecule has 1 rings (SSSR count). The number of methoxy groups -OCH3 is 1.